The number of amides is 1. The summed E-state index contributed by atoms with van der Waals surface area (Å²) < 4.78 is 0. The topological polar surface area (TPSA) is 107 Å². The number of piperidine rings is 1. The first-order valence-corrected chi connectivity index (χ1v) is 11.0. The number of aliphatic hydroxyl groups is 2. The average Bonchev–Trinajstić information content (AvgIpc) is 2.62. The molecule has 3 aliphatic rings. The van der Waals surface area contributed by atoms with E-state index < -0.39 is 23.0 Å². The first-order valence-electron chi connectivity index (χ1n) is 11.0. The number of primary amides is 1. The molecule has 1 aliphatic heterocycles. The van der Waals surface area contributed by atoms with Crippen LogP contribution in [0.25, 0.3) is 0 Å². The molecular formula is C23H34N2O4. The summed E-state index contributed by atoms with van der Waals surface area (Å²) in [4.78, 5) is 14.3. The van der Waals surface area contributed by atoms with Crippen LogP contribution in [0.1, 0.15) is 73.4 Å². The van der Waals surface area contributed by atoms with Gasteiger partial charge < -0.3 is 21.1 Å². The Bertz CT molecular complexity index is 808. The Kier molecular flexibility index (Phi) is 5.16. The van der Waals surface area contributed by atoms with E-state index in [-0.39, 0.29) is 17.4 Å². The molecule has 4 atom stereocenters. The van der Waals surface area contributed by atoms with E-state index in [1.165, 1.54) is 19.3 Å². The summed E-state index contributed by atoms with van der Waals surface area (Å²) in [6.45, 7) is 5.76. The summed E-state index contributed by atoms with van der Waals surface area (Å²) in [6.07, 6.45) is 5.27. The minimum atomic E-state index is -1.09. The van der Waals surface area contributed by atoms with E-state index in [1.54, 1.807) is 12.1 Å². The third-order valence-electron chi connectivity index (χ3n) is 8.18. The molecule has 4 rings (SSSR count). The fourth-order valence-corrected chi connectivity index (χ4v) is 6.26. The van der Waals surface area contributed by atoms with Crippen LogP contribution >= 0.6 is 0 Å². The molecule has 1 aromatic rings. The molecule has 3 fully saturated rings. The van der Waals surface area contributed by atoms with Crippen molar-refractivity contribution in [2.75, 3.05) is 13.1 Å². The fourth-order valence-electron chi connectivity index (χ4n) is 6.26. The van der Waals surface area contributed by atoms with Crippen LogP contribution in [0.5, 0.6) is 5.75 Å². The molecule has 6 nitrogen and oxygen atoms in total. The molecule has 0 bridgehead atoms. The number of fused-ring (bicyclic) bond motifs is 1. The van der Waals surface area contributed by atoms with Crippen molar-refractivity contribution < 1.29 is 20.1 Å². The maximum Gasteiger partial charge on any atom is 0.252 e. The molecule has 0 aromatic heterocycles. The molecule has 1 aromatic carbocycles. The molecule has 0 unspecified atom stereocenters. The Morgan fingerprint density at radius 2 is 2.00 bits per heavy atom. The lowest BCUT2D eigenvalue weighted by atomic mass is 9.52. The van der Waals surface area contributed by atoms with Gasteiger partial charge in [0.25, 0.3) is 5.91 Å². The largest absolute Gasteiger partial charge is 0.507 e. The fraction of sp³-hybridized carbons (Fsp3) is 0.696. The molecule has 5 N–H and O–H groups in total. The van der Waals surface area contributed by atoms with Gasteiger partial charge in [0.1, 0.15) is 5.75 Å². The number of aryl methyl sites for hydroxylation is 1. The number of nitrogens with two attached hydrogens (primary N) is 1. The number of rotatable bonds is 4. The number of aliphatic hydroxyl groups excluding tert-OH is 1. The lowest BCUT2D eigenvalue weighted by Crippen LogP contribution is -2.70. The minimum Gasteiger partial charge on any atom is -0.507 e. The Morgan fingerprint density at radius 3 is 2.62 bits per heavy atom. The zero-order valence-electron chi connectivity index (χ0n) is 17.5. The van der Waals surface area contributed by atoms with Crippen molar-refractivity contribution in [3.8, 4) is 5.75 Å². The Labute approximate surface area is 172 Å². The summed E-state index contributed by atoms with van der Waals surface area (Å²) in [5.41, 5.74) is 5.08. The average molecular weight is 403 g/mol. The molecule has 0 spiro atoms. The number of hydrogen-bond acceptors (Lipinski definition) is 5. The van der Waals surface area contributed by atoms with Crippen LogP contribution in [0.2, 0.25) is 0 Å². The van der Waals surface area contributed by atoms with Crippen LogP contribution < -0.4 is 5.73 Å². The highest BCUT2D eigenvalue weighted by molar-refractivity contribution is 5.96. The van der Waals surface area contributed by atoms with Crippen molar-refractivity contribution in [2.24, 2.45) is 11.7 Å². The van der Waals surface area contributed by atoms with Gasteiger partial charge in [-0.2, -0.15) is 0 Å². The van der Waals surface area contributed by atoms with Gasteiger partial charge in [-0.05, 0) is 76.5 Å². The minimum absolute atomic E-state index is 0.0759. The third-order valence-corrected chi connectivity index (χ3v) is 8.18. The van der Waals surface area contributed by atoms with Gasteiger partial charge in [-0.3, -0.25) is 9.69 Å². The summed E-state index contributed by atoms with van der Waals surface area (Å²) in [6, 6.07) is 3.23. The van der Waals surface area contributed by atoms with Crippen molar-refractivity contribution >= 4 is 5.91 Å². The molecule has 1 heterocycles. The lowest BCUT2D eigenvalue weighted by Gasteiger charge is -2.61. The number of likely N-dealkylation sites (tertiary alicyclic amines) is 1. The Morgan fingerprint density at radius 1 is 1.28 bits per heavy atom. The number of aromatic hydroxyl groups is 1. The maximum atomic E-state index is 12.2. The second-order valence-corrected chi connectivity index (χ2v) is 9.64. The number of carbonyl (C=O) groups is 1. The predicted molar refractivity (Wildman–Crippen MR) is 111 cm³/mol. The van der Waals surface area contributed by atoms with Crippen molar-refractivity contribution in [2.45, 2.75) is 82.0 Å². The quantitative estimate of drug-likeness (QED) is 0.618. The van der Waals surface area contributed by atoms with E-state index >= 15 is 0 Å². The molecule has 2 saturated carbocycles. The van der Waals surface area contributed by atoms with Crippen molar-refractivity contribution in [3.63, 3.8) is 0 Å². The zero-order valence-corrected chi connectivity index (χ0v) is 17.5. The summed E-state index contributed by atoms with van der Waals surface area (Å²) in [7, 11) is 0. The lowest BCUT2D eigenvalue weighted by molar-refractivity contribution is -0.174. The monoisotopic (exact) mass is 402 g/mol. The third kappa shape index (κ3) is 3.07. The molecule has 0 radical (unpaired) electrons. The maximum absolute atomic E-state index is 12.2. The van der Waals surface area contributed by atoms with E-state index in [9.17, 15) is 20.1 Å². The van der Waals surface area contributed by atoms with E-state index in [0.717, 1.165) is 18.7 Å². The van der Waals surface area contributed by atoms with Crippen LogP contribution in [-0.4, -0.2) is 57.0 Å². The van der Waals surface area contributed by atoms with Gasteiger partial charge >= 0.3 is 0 Å². The highest BCUT2D eigenvalue weighted by Gasteiger charge is 2.62. The van der Waals surface area contributed by atoms with E-state index in [1.807, 2.05) is 6.92 Å². The molecule has 160 valence electrons. The number of hydrogen-bond donors (Lipinski definition) is 4. The van der Waals surface area contributed by atoms with Crippen LogP contribution in [0.3, 0.4) is 0 Å². The van der Waals surface area contributed by atoms with Gasteiger partial charge in [-0.15, -0.1) is 0 Å². The van der Waals surface area contributed by atoms with E-state index in [0.29, 0.717) is 37.2 Å². The van der Waals surface area contributed by atoms with Crippen molar-refractivity contribution in [1.29, 1.82) is 0 Å². The van der Waals surface area contributed by atoms with Gasteiger partial charge in [-0.25, -0.2) is 0 Å². The van der Waals surface area contributed by atoms with Crippen LogP contribution in [-0.2, 0) is 5.41 Å². The van der Waals surface area contributed by atoms with E-state index in [4.69, 9.17) is 5.73 Å². The summed E-state index contributed by atoms with van der Waals surface area (Å²) in [5.74, 6) is -0.115. The van der Waals surface area contributed by atoms with E-state index in [2.05, 4.69) is 11.8 Å². The first kappa shape index (κ1) is 20.6. The highest BCUT2D eigenvalue weighted by Crippen LogP contribution is 2.57. The van der Waals surface area contributed by atoms with Gasteiger partial charge in [0.2, 0.25) is 0 Å². The molecule has 1 amide bonds. The molecule has 2 aliphatic carbocycles. The second kappa shape index (κ2) is 7.25. The standard InChI is InChI=1S/C23H34N2O4/c1-14-6-7-18(21(24)28)20(27)19(14)22-10-11-25(13-16-4-3-5-16)15(2)23(22,29)9-8-17(26)12-22/h6-7,15-17,26-27,29H,3-5,8-13H2,1-2H3,(H2,24,28)/t15-,17-,22-,23-/m1/s1. The summed E-state index contributed by atoms with van der Waals surface area (Å²) in [5, 5.41) is 33.8. The number of carbonyl (C=O) groups excluding carboxylic acids is 1. The molecular weight excluding hydrogens is 368 g/mol. The highest BCUT2D eigenvalue weighted by atomic mass is 16.3. The van der Waals surface area contributed by atoms with Gasteiger partial charge in [0.05, 0.1) is 17.3 Å². The van der Waals surface area contributed by atoms with Gasteiger partial charge in [-0.1, -0.05) is 12.5 Å². The van der Waals surface area contributed by atoms with Gasteiger partial charge in [0.15, 0.2) is 0 Å². The van der Waals surface area contributed by atoms with Crippen LogP contribution in [0.15, 0.2) is 12.1 Å². The Hall–Kier alpha value is -1.63. The predicted octanol–water partition coefficient (Wildman–Crippen LogP) is 2.21. The summed E-state index contributed by atoms with van der Waals surface area (Å²) >= 11 is 0. The molecule has 1 saturated heterocycles. The number of phenols is 1. The molecule has 6 heteroatoms. The van der Waals surface area contributed by atoms with Crippen molar-refractivity contribution in [3.05, 3.63) is 28.8 Å². The van der Waals surface area contributed by atoms with Crippen LogP contribution in [0.4, 0.5) is 0 Å². The number of nitrogens with zero attached hydrogens (tertiary/aromatic N) is 1. The van der Waals surface area contributed by atoms with Crippen molar-refractivity contribution in [1.82, 2.24) is 4.90 Å². The normalized spacial score (nSPS) is 35.7. The SMILES string of the molecule is Cc1ccc(C(N)=O)c(O)c1[C@]12CCN(CC3CCC3)[C@H](C)[C@]1(O)CC[C@@H](O)C2. The second-order valence-electron chi connectivity index (χ2n) is 9.64. The first-order chi connectivity index (χ1) is 13.7. The molecule has 29 heavy (non-hydrogen) atoms. The van der Waals surface area contributed by atoms with Gasteiger partial charge in [0, 0.05) is 23.6 Å². The number of benzene rings is 1. The Balaban J connectivity index is 1.81. The van der Waals surface area contributed by atoms with Crippen LogP contribution in [0, 0.1) is 12.8 Å². The zero-order chi connectivity index (χ0) is 21.0. The smallest absolute Gasteiger partial charge is 0.252 e.